The van der Waals surface area contributed by atoms with Crippen LogP contribution in [0.25, 0.3) is 21.9 Å². The van der Waals surface area contributed by atoms with Crippen molar-refractivity contribution < 1.29 is 14.6 Å². The summed E-state index contributed by atoms with van der Waals surface area (Å²) in [5.41, 5.74) is 13.5. The Morgan fingerprint density at radius 1 is 0.767 bits per heavy atom. The summed E-state index contributed by atoms with van der Waals surface area (Å²) < 4.78 is 13.4. The number of rotatable bonds is 9. The summed E-state index contributed by atoms with van der Waals surface area (Å²) in [6.07, 6.45) is 0.0499. The minimum atomic E-state index is -0.511. The first-order valence-electron chi connectivity index (χ1n) is 15.1. The van der Waals surface area contributed by atoms with Crippen molar-refractivity contribution in [1.29, 1.82) is 0 Å². The maximum atomic E-state index is 9.56. The Bertz CT molecular complexity index is 1670. The van der Waals surface area contributed by atoms with Crippen molar-refractivity contribution in [3.8, 4) is 11.1 Å². The summed E-state index contributed by atoms with van der Waals surface area (Å²) in [5, 5.41) is 12.1. The first-order valence-corrected chi connectivity index (χ1v) is 15.1. The van der Waals surface area contributed by atoms with E-state index in [0.717, 1.165) is 46.3 Å². The van der Waals surface area contributed by atoms with Gasteiger partial charge in [0.15, 0.2) is 6.29 Å². The fourth-order valence-electron chi connectivity index (χ4n) is 5.98. The smallest absolute Gasteiger partial charge is 0.184 e. The topological polar surface area (TPSA) is 68.0 Å². The molecule has 5 aromatic carbocycles. The molecule has 0 spiro atoms. The summed E-state index contributed by atoms with van der Waals surface area (Å²) in [7, 11) is 2.17. The maximum Gasteiger partial charge on any atom is 0.184 e. The van der Waals surface area contributed by atoms with Gasteiger partial charge in [-0.25, -0.2) is 0 Å². The van der Waals surface area contributed by atoms with Gasteiger partial charge in [-0.1, -0.05) is 97.1 Å². The van der Waals surface area contributed by atoms with Crippen LogP contribution in [0, 0.1) is 0 Å². The fraction of sp³-hybridized carbons (Fsp3) is 0.263. The van der Waals surface area contributed by atoms with Crippen molar-refractivity contribution >= 4 is 10.8 Å². The second kappa shape index (κ2) is 13.2. The van der Waals surface area contributed by atoms with Crippen LogP contribution in [0.15, 0.2) is 115 Å². The lowest BCUT2D eigenvalue weighted by molar-refractivity contribution is -0.253. The SMILES string of the molecule is C[C@H](c1ccc2ccccc2c1)N(C)C[C@@H]1C[C@H](c2ccc(CO)cc2)O[C@H](c2cccc(-c3cccc(CN)c3)c2)O1. The Kier molecular flexibility index (Phi) is 8.98. The molecule has 5 heteroatoms. The minimum absolute atomic E-state index is 0.0236. The fourth-order valence-corrected chi connectivity index (χ4v) is 5.98. The Balaban J connectivity index is 1.26. The molecule has 0 aromatic heterocycles. The monoisotopic (exact) mass is 572 g/mol. The number of aliphatic hydroxyl groups is 1. The lowest BCUT2D eigenvalue weighted by Crippen LogP contribution is -2.38. The number of hydrogen-bond donors (Lipinski definition) is 2. The zero-order valence-corrected chi connectivity index (χ0v) is 24.9. The van der Waals surface area contributed by atoms with Crippen LogP contribution in [0.5, 0.6) is 0 Å². The number of aliphatic hydroxyl groups excluding tert-OH is 1. The van der Waals surface area contributed by atoms with E-state index in [1.165, 1.54) is 16.3 Å². The number of fused-ring (bicyclic) bond motifs is 1. The first-order chi connectivity index (χ1) is 21.0. The van der Waals surface area contributed by atoms with E-state index in [4.69, 9.17) is 15.2 Å². The van der Waals surface area contributed by atoms with E-state index in [-0.39, 0.29) is 24.9 Å². The van der Waals surface area contributed by atoms with Gasteiger partial charge in [0.1, 0.15) is 0 Å². The number of hydrogen-bond acceptors (Lipinski definition) is 5. The van der Waals surface area contributed by atoms with Crippen molar-refractivity contribution in [3.63, 3.8) is 0 Å². The van der Waals surface area contributed by atoms with Gasteiger partial charge in [0.05, 0.1) is 18.8 Å². The molecule has 1 fully saturated rings. The second-order valence-corrected chi connectivity index (χ2v) is 11.6. The lowest BCUT2D eigenvalue weighted by Gasteiger charge is -2.39. The van der Waals surface area contributed by atoms with Gasteiger partial charge in [-0.05, 0) is 76.3 Å². The zero-order chi connectivity index (χ0) is 29.8. The molecule has 5 nitrogen and oxygen atoms in total. The quantitative estimate of drug-likeness (QED) is 0.189. The van der Waals surface area contributed by atoms with Crippen LogP contribution in [0.3, 0.4) is 0 Å². The molecule has 43 heavy (non-hydrogen) atoms. The van der Waals surface area contributed by atoms with Gasteiger partial charge in [0.25, 0.3) is 0 Å². The normalized spacial score (nSPS) is 19.5. The highest BCUT2D eigenvalue weighted by atomic mass is 16.7. The molecule has 1 aliphatic rings. The zero-order valence-electron chi connectivity index (χ0n) is 24.9. The van der Waals surface area contributed by atoms with Crippen molar-refractivity contribution in [2.24, 2.45) is 5.73 Å². The summed E-state index contributed by atoms with van der Waals surface area (Å²) in [6, 6.07) is 40.3. The number of nitrogens with two attached hydrogens (primary N) is 1. The number of benzene rings is 5. The van der Waals surface area contributed by atoms with Crippen LogP contribution in [-0.2, 0) is 22.6 Å². The summed E-state index contributed by atoms with van der Waals surface area (Å²) in [4.78, 5) is 2.37. The van der Waals surface area contributed by atoms with E-state index >= 15 is 0 Å². The Morgan fingerprint density at radius 2 is 1.51 bits per heavy atom. The number of likely N-dealkylation sites (N-methyl/N-ethyl adjacent to an activating group) is 1. The van der Waals surface area contributed by atoms with Crippen molar-refractivity contribution in [2.45, 2.75) is 51.0 Å². The van der Waals surface area contributed by atoms with E-state index in [9.17, 15) is 5.11 Å². The maximum absolute atomic E-state index is 9.56. The molecule has 1 heterocycles. The molecule has 1 aliphatic heterocycles. The van der Waals surface area contributed by atoms with Crippen molar-refractivity contribution in [3.05, 3.63) is 143 Å². The molecule has 5 aromatic rings. The molecule has 3 N–H and O–H groups in total. The summed E-state index contributed by atoms with van der Waals surface area (Å²) >= 11 is 0. The van der Waals surface area contributed by atoms with Gasteiger partial charge in [0.2, 0.25) is 0 Å². The van der Waals surface area contributed by atoms with Crippen LogP contribution < -0.4 is 5.73 Å². The van der Waals surface area contributed by atoms with Crippen molar-refractivity contribution in [2.75, 3.05) is 13.6 Å². The van der Waals surface area contributed by atoms with Gasteiger partial charge in [-0.2, -0.15) is 0 Å². The molecule has 1 saturated heterocycles. The third-order valence-electron chi connectivity index (χ3n) is 8.68. The van der Waals surface area contributed by atoms with Gasteiger partial charge in [-0.3, -0.25) is 4.90 Å². The Hall–Kier alpha value is -3.84. The minimum Gasteiger partial charge on any atom is -0.392 e. The van der Waals surface area contributed by atoms with Crippen LogP contribution >= 0.6 is 0 Å². The predicted octanol–water partition coefficient (Wildman–Crippen LogP) is 7.70. The molecule has 0 radical (unpaired) electrons. The molecule has 0 aliphatic carbocycles. The third kappa shape index (κ3) is 6.72. The number of nitrogens with zero attached hydrogens (tertiary/aromatic N) is 1. The highest BCUT2D eigenvalue weighted by molar-refractivity contribution is 5.83. The largest absolute Gasteiger partial charge is 0.392 e. The van der Waals surface area contributed by atoms with E-state index in [1.54, 1.807) is 0 Å². The van der Waals surface area contributed by atoms with Crippen LogP contribution in [0.2, 0.25) is 0 Å². The van der Waals surface area contributed by atoms with Gasteiger partial charge >= 0.3 is 0 Å². The van der Waals surface area contributed by atoms with Crippen LogP contribution in [0.4, 0.5) is 0 Å². The standard InChI is InChI=1S/C38H40N2O3/c1-26(31-18-17-29-8-3-4-9-33(29)20-31)40(2)24-36-22-37(30-15-13-27(25-41)14-16-30)43-38(42-36)35-12-6-11-34(21-35)32-10-5-7-28(19-32)23-39/h3-21,26,36-38,41H,22-25,39H2,1-2H3/t26-,36+,37-,38-/m1/s1. The van der Waals surface area contributed by atoms with Gasteiger partial charge < -0.3 is 20.3 Å². The summed E-state index contributed by atoms with van der Waals surface area (Å²) in [6.45, 7) is 3.55. The average molecular weight is 573 g/mol. The van der Waals surface area contributed by atoms with Gasteiger partial charge in [-0.15, -0.1) is 0 Å². The molecule has 0 saturated carbocycles. The molecular formula is C38H40N2O3. The van der Waals surface area contributed by atoms with Gasteiger partial charge in [0, 0.05) is 31.1 Å². The summed E-state index contributed by atoms with van der Waals surface area (Å²) in [5.74, 6) is 0. The second-order valence-electron chi connectivity index (χ2n) is 11.6. The Labute approximate surface area is 254 Å². The Morgan fingerprint density at radius 3 is 2.28 bits per heavy atom. The van der Waals surface area contributed by atoms with E-state index < -0.39 is 6.29 Å². The van der Waals surface area contributed by atoms with E-state index in [1.807, 2.05) is 24.3 Å². The molecule has 6 rings (SSSR count). The average Bonchev–Trinajstić information content (AvgIpc) is 3.07. The molecular weight excluding hydrogens is 532 g/mol. The highest BCUT2D eigenvalue weighted by Gasteiger charge is 2.33. The first kappa shape index (κ1) is 29.2. The molecule has 4 atom stereocenters. The third-order valence-corrected chi connectivity index (χ3v) is 8.68. The van der Waals surface area contributed by atoms with E-state index in [2.05, 4.69) is 110 Å². The van der Waals surface area contributed by atoms with E-state index in [0.29, 0.717) is 6.54 Å². The molecule has 0 bridgehead atoms. The lowest BCUT2D eigenvalue weighted by atomic mass is 9.98. The highest BCUT2D eigenvalue weighted by Crippen LogP contribution is 2.39. The predicted molar refractivity (Wildman–Crippen MR) is 173 cm³/mol. The van der Waals surface area contributed by atoms with Crippen LogP contribution in [0.1, 0.15) is 59.6 Å². The molecule has 0 amide bonds. The molecule has 220 valence electrons. The van der Waals surface area contributed by atoms with Crippen LogP contribution in [-0.4, -0.2) is 29.7 Å². The van der Waals surface area contributed by atoms with Crippen molar-refractivity contribution in [1.82, 2.24) is 4.90 Å². The molecule has 0 unspecified atom stereocenters. The number of ether oxygens (including phenoxy) is 2.